The van der Waals surface area contributed by atoms with E-state index in [4.69, 9.17) is 9.47 Å². The molecule has 154 valence electrons. The molecule has 8 nitrogen and oxygen atoms in total. The van der Waals surface area contributed by atoms with Crippen molar-refractivity contribution in [1.82, 2.24) is 14.9 Å². The second kappa shape index (κ2) is 8.65. The number of rotatable bonds is 6. The molecule has 1 amide bonds. The quantitative estimate of drug-likeness (QED) is 0.748. The number of aromatic nitrogens is 2. The van der Waals surface area contributed by atoms with Crippen LogP contribution in [0, 0.1) is 0 Å². The third-order valence-electron chi connectivity index (χ3n) is 4.23. The van der Waals surface area contributed by atoms with Crippen LogP contribution in [0.4, 0.5) is 23.7 Å². The molecular weight excluding hydrogens is 381 g/mol. The molecule has 1 aromatic heterocycles. The third kappa shape index (κ3) is 4.84. The van der Waals surface area contributed by atoms with Crippen molar-refractivity contribution in [2.45, 2.75) is 12.8 Å². The van der Waals surface area contributed by atoms with Gasteiger partial charge in [0.15, 0.2) is 0 Å². The monoisotopic (exact) mass is 402 g/mol. The predicted molar refractivity (Wildman–Crippen MR) is 94.7 cm³/mol. The van der Waals surface area contributed by atoms with E-state index in [1.165, 1.54) is 11.7 Å². The van der Waals surface area contributed by atoms with Crippen LogP contribution < -0.4 is 15.0 Å². The van der Waals surface area contributed by atoms with Crippen LogP contribution in [-0.2, 0) is 9.47 Å². The summed E-state index contributed by atoms with van der Waals surface area (Å²) in [4.78, 5) is 19.0. The molecule has 1 aliphatic rings. The summed E-state index contributed by atoms with van der Waals surface area (Å²) < 4.78 is 51.4. The molecule has 11 heteroatoms. The van der Waals surface area contributed by atoms with Crippen LogP contribution in [-0.4, -0.2) is 68.5 Å². The molecule has 0 saturated carbocycles. The van der Waals surface area contributed by atoms with Crippen LogP contribution in [0.1, 0.15) is 6.42 Å². The van der Waals surface area contributed by atoms with E-state index in [2.05, 4.69) is 19.9 Å². The van der Waals surface area contributed by atoms with Gasteiger partial charge in [0.05, 0.1) is 38.0 Å². The minimum absolute atomic E-state index is 0.0131. The van der Waals surface area contributed by atoms with E-state index in [0.717, 1.165) is 18.8 Å². The largest absolute Gasteiger partial charge is 0.522 e. The van der Waals surface area contributed by atoms with Crippen LogP contribution in [0.2, 0.25) is 0 Å². The molecule has 0 bridgehead atoms. The van der Waals surface area contributed by atoms with Gasteiger partial charge < -0.3 is 19.7 Å². The normalized spacial score (nSPS) is 15.1. The summed E-state index contributed by atoms with van der Waals surface area (Å²) >= 11 is 0. The number of amides is 1. The minimum Gasteiger partial charge on any atom is -0.468 e. The lowest BCUT2D eigenvalue weighted by Gasteiger charge is -2.28. The van der Waals surface area contributed by atoms with Crippen molar-refractivity contribution in [3.63, 3.8) is 0 Å². The molecule has 1 aliphatic heterocycles. The van der Waals surface area contributed by atoms with Crippen LogP contribution in [0.5, 0.6) is 6.01 Å². The van der Waals surface area contributed by atoms with E-state index in [1.54, 1.807) is 6.07 Å². The van der Waals surface area contributed by atoms with E-state index >= 15 is 0 Å². The van der Waals surface area contributed by atoms with Gasteiger partial charge in [-0.1, -0.05) is 0 Å². The summed E-state index contributed by atoms with van der Waals surface area (Å²) in [7, 11) is 1.39. The van der Waals surface area contributed by atoms with E-state index in [1.807, 2.05) is 12.1 Å². The lowest BCUT2D eigenvalue weighted by molar-refractivity contribution is -0.324. The number of hydrogen-bond acceptors (Lipinski definition) is 6. The number of imidazole rings is 1. The highest BCUT2D eigenvalue weighted by Gasteiger charge is 2.28. The van der Waals surface area contributed by atoms with Gasteiger partial charge in [-0.25, -0.2) is 9.36 Å². The lowest BCUT2D eigenvalue weighted by Crippen LogP contribution is -2.36. The first-order chi connectivity index (χ1) is 13.4. The molecule has 0 aliphatic carbocycles. The summed E-state index contributed by atoms with van der Waals surface area (Å²) in [6, 6.07) is 5.10. The molecule has 2 aromatic rings. The molecule has 0 atom stereocenters. The Morgan fingerprint density at radius 2 is 2.07 bits per heavy atom. The fourth-order valence-corrected chi connectivity index (χ4v) is 2.93. The van der Waals surface area contributed by atoms with Crippen molar-refractivity contribution in [1.29, 1.82) is 0 Å². The summed E-state index contributed by atoms with van der Waals surface area (Å²) in [5.41, 5.74) is 2.04. The molecule has 1 N–H and O–H groups in total. The number of morpholine rings is 1. The van der Waals surface area contributed by atoms with E-state index in [9.17, 15) is 18.0 Å². The second-order valence-corrected chi connectivity index (χ2v) is 6.09. The predicted octanol–water partition coefficient (Wildman–Crippen LogP) is 2.37. The summed E-state index contributed by atoms with van der Waals surface area (Å²) in [6.45, 7) is 2.21. The number of alkyl halides is 3. The third-order valence-corrected chi connectivity index (χ3v) is 4.23. The minimum atomic E-state index is -4.68. The molecule has 1 aromatic carbocycles. The lowest BCUT2D eigenvalue weighted by atomic mass is 10.2. The Morgan fingerprint density at radius 3 is 2.75 bits per heavy atom. The number of carbonyl (C=O) groups excluding carboxylic acids is 1. The van der Waals surface area contributed by atoms with Crippen LogP contribution in [0.15, 0.2) is 18.2 Å². The molecule has 0 unspecified atom stereocenters. The maximum Gasteiger partial charge on any atom is 0.522 e. The topological polar surface area (TPSA) is 77.9 Å². The first-order valence-corrected chi connectivity index (χ1v) is 8.77. The molecule has 0 spiro atoms. The number of anilines is 1. The summed E-state index contributed by atoms with van der Waals surface area (Å²) in [6.07, 6.45) is -4.66. The highest BCUT2D eigenvalue weighted by Crippen LogP contribution is 2.26. The average molecular weight is 402 g/mol. The average Bonchev–Trinajstić information content (AvgIpc) is 3.05. The van der Waals surface area contributed by atoms with Crippen molar-refractivity contribution in [2.75, 3.05) is 51.5 Å². The first-order valence-electron chi connectivity index (χ1n) is 8.77. The number of ether oxygens (including phenoxy) is 3. The van der Waals surface area contributed by atoms with Gasteiger partial charge in [-0.15, -0.1) is 13.2 Å². The van der Waals surface area contributed by atoms with Crippen molar-refractivity contribution in [3.8, 4) is 6.01 Å². The van der Waals surface area contributed by atoms with Crippen molar-refractivity contribution in [2.24, 2.45) is 0 Å². The number of methoxy groups -OCH3 is 1. The second-order valence-electron chi connectivity index (χ2n) is 6.09. The Morgan fingerprint density at radius 1 is 1.32 bits per heavy atom. The van der Waals surface area contributed by atoms with E-state index in [-0.39, 0.29) is 19.0 Å². The Kier molecular flexibility index (Phi) is 6.25. The molecular formula is C17H21F3N4O4. The zero-order valence-electron chi connectivity index (χ0n) is 15.3. The number of benzene rings is 1. The summed E-state index contributed by atoms with van der Waals surface area (Å²) in [5, 5.41) is 2.56. The van der Waals surface area contributed by atoms with E-state index in [0.29, 0.717) is 24.2 Å². The highest BCUT2D eigenvalue weighted by molar-refractivity contribution is 5.92. The van der Waals surface area contributed by atoms with Gasteiger partial charge in [-0.3, -0.25) is 4.74 Å². The van der Waals surface area contributed by atoms with Gasteiger partial charge in [-0.2, -0.15) is 4.98 Å². The molecule has 3 rings (SSSR count). The fraction of sp³-hybridized carbons (Fsp3) is 0.529. The first kappa shape index (κ1) is 20.2. The van der Waals surface area contributed by atoms with Crippen LogP contribution in [0.3, 0.4) is 0 Å². The van der Waals surface area contributed by atoms with Crippen molar-refractivity contribution >= 4 is 22.8 Å². The molecule has 1 saturated heterocycles. The number of nitrogens with zero attached hydrogens (tertiary/aromatic N) is 3. The number of hydrogen-bond donors (Lipinski definition) is 1. The number of nitrogens with one attached hydrogen (secondary N) is 1. The van der Waals surface area contributed by atoms with Gasteiger partial charge >= 0.3 is 18.4 Å². The maximum atomic E-state index is 12.6. The standard InChI is InChI=1S/C17H21F3N4O4/c1-26-16-22-13-4-3-12(23-6-9-27-10-7-23)11-14(13)24(16)15(25)21-5-2-8-28-17(18,19)20/h3-4,11H,2,5-10H2,1H3,(H,21,25). The Labute approximate surface area is 159 Å². The number of carbonyl (C=O) groups is 1. The Bertz CT molecular complexity index is 819. The SMILES string of the molecule is COc1nc2ccc(N3CCOCC3)cc2n1C(=O)NCCCOC(F)(F)F. The highest BCUT2D eigenvalue weighted by atomic mass is 19.4. The maximum absolute atomic E-state index is 12.6. The van der Waals surface area contributed by atoms with Crippen LogP contribution in [0.25, 0.3) is 11.0 Å². The van der Waals surface area contributed by atoms with Gasteiger partial charge in [0.1, 0.15) is 0 Å². The van der Waals surface area contributed by atoms with Crippen molar-refractivity contribution < 1.29 is 32.2 Å². The molecule has 2 heterocycles. The summed E-state index contributed by atoms with van der Waals surface area (Å²) in [5.74, 6) is 0. The van der Waals surface area contributed by atoms with Gasteiger partial charge in [0.25, 0.3) is 0 Å². The smallest absolute Gasteiger partial charge is 0.468 e. The van der Waals surface area contributed by atoms with E-state index < -0.39 is 19.0 Å². The Balaban J connectivity index is 1.73. The zero-order valence-corrected chi connectivity index (χ0v) is 15.3. The number of halogens is 3. The van der Waals surface area contributed by atoms with Gasteiger partial charge in [0, 0.05) is 25.3 Å². The fourth-order valence-electron chi connectivity index (χ4n) is 2.93. The van der Waals surface area contributed by atoms with Gasteiger partial charge in [0.2, 0.25) is 0 Å². The number of fused-ring (bicyclic) bond motifs is 1. The van der Waals surface area contributed by atoms with Crippen LogP contribution >= 0.6 is 0 Å². The van der Waals surface area contributed by atoms with Gasteiger partial charge in [-0.05, 0) is 24.6 Å². The molecule has 28 heavy (non-hydrogen) atoms. The molecule has 0 radical (unpaired) electrons. The Hall–Kier alpha value is -2.53. The zero-order chi connectivity index (χ0) is 20.1. The van der Waals surface area contributed by atoms with Crippen molar-refractivity contribution in [3.05, 3.63) is 18.2 Å². The molecule has 1 fully saturated rings.